The van der Waals surface area contributed by atoms with Crippen LogP contribution in [0.15, 0.2) is 66.9 Å². The Labute approximate surface area is 155 Å². The molecule has 27 heavy (non-hydrogen) atoms. The maximum atomic E-state index is 13.1. The van der Waals surface area contributed by atoms with Gasteiger partial charge in [-0.2, -0.15) is 0 Å². The molecular weight excluding hydrogens is 347 g/mol. The minimum atomic E-state index is -1.06. The Bertz CT molecular complexity index is 961. The molecule has 6 heteroatoms. The third-order valence-electron chi connectivity index (χ3n) is 4.55. The SMILES string of the molecule is O=C(O)N1c2cc(Cc3ccc(F)cc3)cnc2OC[C@@H]1c1ccccc1. The zero-order chi connectivity index (χ0) is 18.8. The van der Waals surface area contributed by atoms with Crippen molar-refractivity contribution in [2.24, 2.45) is 0 Å². The Hall–Kier alpha value is -3.41. The van der Waals surface area contributed by atoms with Gasteiger partial charge in [-0.3, -0.25) is 4.90 Å². The number of ether oxygens (including phenoxy) is 1. The second kappa shape index (κ2) is 7.07. The van der Waals surface area contributed by atoms with Crippen LogP contribution in [0.1, 0.15) is 22.7 Å². The molecular formula is C21H17FN2O3. The number of hydrogen-bond acceptors (Lipinski definition) is 3. The Morgan fingerprint density at radius 1 is 1.15 bits per heavy atom. The van der Waals surface area contributed by atoms with Crippen molar-refractivity contribution in [2.75, 3.05) is 11.5 Å². The zero-order valence-electron chi connectivity index (χ0n) is 14.4. The molecule has 3 aromatic rings. The zero-order valence-corrected chi connectivity index (χ0v) is 14.4. The normalized spacial score (nSPS) is 15.7. The van der Waals surface area contributed by atoms with Crippen LogP contribution in [0.3, 0.4) is 0 Å². The maximum Gasteiger partial charge on any atom is 0.412 e. The molecule has 0 radical (unpaired) electrons. The molecule has 1 aliphatic rings. The number of aromatic nitrogens is 1. The van der Waals surface area contributed by atoms with Crippen LogP contribution in [0.2, 0.25) is 0 Å². The summed E-state index contributed by atoms with van der Waals surface area (Å²) in [5, 5.41) is 9.83. The average molecular weight is 364 g/mol. The van der Waals surface area contributed by atoms with Gasteiger partial charge in [0, 0.05) is 6.20 Å². The highest BCUT2D eigenvalue weighted by molar-refractivity contribution is 5.89. The largest absolute Gasteiger partial charge is 0.474 e. The highest BCUT2D eigenvalue weighted by Gasteiger charge is 2.34. The van der Waals surface area contributed by atoms with E-state index in [2.05, 4.69) is 4.98 Å². The van der Waals surface area contributed by atoms with Gasteiger partial charge in [0.15, 0.2) is 0 Å². The number of amides is 1. The number of carbonyl (C=O) groups is 1. The summed E-state index contributed by atoms with van der Waals surface area (Å²) in [6.45, 7) is 0.202. The summed E-state index contributed by atoms with van der Waals surface area (Å²) in [5.41, 5.74) is 3.01. The molecule has 1 aliphatic heterocycles. The fourth-order valence-electron chi connectivity index (χ4n) is 3.26. The summed E-state index contributed by atoms with van der Waals surface area (Å²) in [6.07, 6.45) is 1.11. The van der Waals surface area contributed by atoms with Crippen LogP contribution in [0.25, 0.3) is 0 Å². The molecule has 1 amide bonds. The van der Waals surface area contributed by atoms with Crippen molar-refractivity contribution in [2.45, 2.75) is 12.5 Å². The van der Waals surface area contributed by atoms with Gasteiger partial charge in [-0.05, 0) is 41.3 Å². The number of benzene rings is 2. The van der Waals surface area contributed by atoms with E-state index < -0.39 is 12.1 Å². The Balaban J connectivity index is 1.69. The Morgan fingerprint density at radius 2 is 1.89 bits per heavy atom. The minimum absolute atomic E-state index is 0.202. The molecule has 0 saturated heterocycles. The van der Waals surface area contributed by atoms with Crippen molar-refractivity contribution < 1.29 is 19.0 Å². The average Bonchev–Trinajstić information content (AvgIpc) is 2.69. The molecule has 0 fully saturated rings. The molecule has 0 unspecified atom stereocenters. The predicted molar refractivity (Wildman–Crippen MR) is 98.6 cm³/mol. The van der Waals surface area contributed by atoms with Gasteiger partial charge in [0.05, 0.1) is 6.04 Å². The first-order valence-corrected chi connectivity index (χ1v) is 8.55. The highest BCUT2D eigenvalue weighted by atomic mass is 19.1. The van der Waals surface area contributed by atoms with Crippen molar-refractivity contribution in [3.63, 3.8) is 0 Å². The number of fused-ring (bicyclic) bond motifs is 1. The predicted octanol–water partition coefficient (Wildman–Crippen LogP) is 4.43. The first-order valence-electron chi connectivity index (χ1n) is 8.55. The van der Waals surface area contributed by atoms with Crippen LogP contribution < -0.4 is 9.64 Å². The summed E-state index contributed by atoms with van der Waals surface area (Å²) < 4.78 is 18.8. The lowest BCUT2D eigenvalue weighted by molar-refractivity contribution is 0.186. The van der Waals surface area contributed by atoms with E-state index in [1.54, 1.807) is 24.4 Å². The van der Waals surface area contributed by atoms with Gasteiger partial charge in [0.2, 0.25) is 5.88 Å². The highest BCUT2D eigenvalue weighted by Crippen LogP contribution is 2.38. The van der Waals surface area contributed by atoms with E-state index in [9.17, 15) is 14.3 Å². The molecule has 0 saturated carbocycles. The summed E-state index contributed by atoms with van der Waals surface area (Å²) in [7, 11) is 0. The van der Waals surface area contributed by atoms with Crippen LogP contribution in [0.4, 0.5) is 14.9 Å². The summed E-state index contributed by atoms with van der Waals surface area (Å²) >= 11 is 0. The number of pyridine rings is 1. The molecule has 2 aromatic carbocycles. The summed E-state index contributed by atoms with van der Waals surface area (Å²) in [5.74, 6) is 0.00547. The van der Waals surface area contributed by atoms with Gasteiger partial charge in [-0.25, -0.2) is 14.2 Å². The van der Waals surface area contributed by atoms with Crippen molar-refractivity contribution in [3.8, 4) is 5.88 Å². The van der Waals surface area contributed by atoms with Crippen molar-refractivity contribution in [1.29, 1.82) is 0 Å². The smallest absolute Gasteiger partial charge is 0.412 e. The fourth-order valence-corrected chi connectivity index (χ4v) is 3.26. The molecule has 0 aliphatic carbocycles. The van der Waals surface area contributed by atoms with E-state index in [1.807, 2.05) is 30.3 Å². The van der Waals surface area contributed by atoms with Gasteiger partial charge in [-0.15, -0.1) is 0 Å². The van der Waals surface area contributed by atoms with E-state index in [0.717, 1.165) is 16.7 Å². The molecule has 0 bridgehead atoms. The number of carboxylic acid groups (broad SMARTS) is 1. The van der Waals surface area contributed by atoms with Crippen molar-refractivity contribution in [3.05, 3.63) is 89.4 Å². The molecule has 4 rings (SSSR count). The molecule has 136 valence electrons. The molecule has 1 aromatic heterocycles. The first-order chi connectivity index (χ1) is 13.1. The molecule has 0 spiro atoms. The second-order valence-electron chi connectivity index (χ2n) is 6.36. The van der Waals surface area contributed by atoms with Crippen molar-refractivity contribution >= 4 is 11.8 Å². The summed E-state index contributed by atoms with van der Waals surface area (Å²) in [6, 6.07) is 16.9. The minimum Gasteiger partial charge on any atom is -0.474 e. The quantitative estimate of drug-likeness (QED) is 0.747. The van der Waals surface area contributed by atoms with Crippen LogP contribution >= 0.6 is 0 Å². The topological polar surface area (TPSA) is 62.7 Å². The number of rotatable bonds is 3. The third-order valence-corrected chi connectivity index (χ3v) is 4.55. The van der Waals surface area contributed by atoms with Gasteiger partial charge in [-0.1, -0.05) is 42.5 Å². The van der Waals surface area contributed by atoms with Crippen LogP contribution in [-0.2, 0) is 6.42 Å². The van der Waals surface area contributed by atoms with Crippen molar-refractivity contribution in [1.82, 2.24) is 4.98 Å². The number of nitrogens with zero attached hydrogens (tertiary/aromatic N) is 2. The number of hydrogen-bond donors (Lipinski definition) is 1. The Kier molecular flexibility index (Phi) is 4.46. The molecule has 1 atom stereocenters. The standard InChI is InChI=1S/C21H17FN2O3/c22-17-8-6-14(7-9-17)10-15-11-18-20(23-12-15)27-13-19(24(18)21(25)26)16-4-2-1-3-5-16/h1-9,11-12,19H,10,13H2,(H,25,26)/t19-/m1/s1. The van der Waals surface area contributed by atoms with Gasteiger partial charge in [0.1, 0.15) is 18.1 Å². The van der Waals surface area contributed by atoms with Gasteiger partial charge < -0.3 is 9.84 Å². The lowest BCUT2D eigenvalue weighted by Crippen LogP contribution is -2.40. The van der Waals surface area contributed by atoms with Gasteiger partial charge in [0.25, 0.3) is 0 Å². The molecule has 2 heterocycles. The van der Waals surface area contributed by atoms with E-state index in [1.165, 1.54) is 17.0 Å². The maximum absolute atomic E-state index is 13.1. The first kappa shape index (κ1) is 17.0. The lowest BCUT2D eigenvalue weighted by Gasteiger charge is -2.34. The Morgan fingerprint density at radius 3 is 2.59 bits per heavy atom. The second-order valence-corrected chi connectivity index (χ2v) is 6.36. The summed E-state index contributed by atoms with van der Waals surface area (Å²) in [4.78, 5) is 17.6. The molecule has 1 N–H and O–H groups in total. The van der Waals surface area contributed by atoms with E-state index in [4.69, 9.17) is 4.74 Å². The van der Waals surface area contributed by atoms with E-state index >= 15 is 0 Å². The number of anilines is 1. The molecule has 5 nitrogen and oxygen atoms in total. The monoisotopic (exact) mass is 364 g/mol. The van der Waals surface area contributed by atoms with Crippen LogP contribution in [0.5, 0.6) is 5.88 Å². The van der Waals surface area contributed by atoms with Crippen LogP contribution in [-0.4, -0.2) is 22.8 Å². The van der Waals surface area contributed by atoms with E-state index in [0.29, 0.717) is 18.0 Å². The van der Waals surface area contributed by atoms with E-state index in [-0.39, 0.29) is 12.4 Å². The third kappa shape index (κ3) is 3.46. The van der Waals surface area contributed by atoms with Gasteiger partial charge >= 0.3 is 6.09 Å². The number of halogens is 1. The fraction of sp³-hybridized carbons (Fsp3) is 0.143. The lowest BCUT2D eigenvalue weighted by atomic mass is 10.0. The van der Waals surface area contributed by atoms with Crippen LogP contribution in [0, 0.1) is 5.82 Å².